The van der Waals surface area contributed by atoms with Crippen molar-refractivity contribution in [2.24, 2.45) is 0 Å². The molecule has 1 aromatic carbocycles. The summed E-state index contributed by atoms with van der Waals surface area (Å²) in [7, 11) is 4.15. The molecule has 0 radical (unpaired) electrons. The fourth-order valence-corrected chi connectivity index (χ4v) is 6.54. The second kappa shape index (κ2) is 18.3. The minimum atomic E-state index is 0.460. The normalized spacial score (nSPS) is 15.6. The van der Waals surface area contributed by atoms with Crippen molar-refractivity contribution in [3.05, 3.63) is 125 Å². The molecule has 1 aliphatic heterocycles. The molecule has 4 rings (SSSR count). The predicted molar refractivity (Wildman–Crippen MR) is 211 cm³/mol. The number of unbranched alkanes of at least 4 members (excludes halogenated alkanes) is 1. The van der Waals surface area contributed by atoms with Crippen molar-refractivity contribution in [2.45, 2.75) is 78.2 Å². The van der Waals surface area contributed by atoms with Crippen LogP contribution in [-0.2, 0) is 0 Å². The molecular weight excluding hydrogens is 601 g/mol. The van der Waals surface area contributed by atoms with Crippen LogP contribution < -0.4 is 15.6 Å². The largest absolute Gasteiger partial charge is 0.388 e. The Hall–Kier alpha value is -4.47. The number of aromatic nitrogens is 2. The van der Waals surface area contributed by atoms with Crippen molar-refractivity contribution >= 4 is 11.3 Å². The molecule has 6 heteroatoms. The average Bonchev–Trinajstić information content (AvgIpc) is 3.59. The van der Waals surface area contributed by atoms with E-state index in [-0.39, 0.29) is 0 Å². The van der Waals surface area contributed by atoms with Crippen LogP contribution in [0.1, 0.15) is 83.3 Å². The lowest BCUT2D eigenvalue weighted by atomic mass is 9.87. The van der Waals surface area contributed by atoms with Crippen LogP contribution in [0.15, 0.2) is 114 Å². The third kappa shape index (κ3) is 10.5. The zero-order valence-electron chi connectivity index (χ0n) is 30.8. The molecule has 2 heterocycles. The summed E-state index contributed by atoms with van der Waals surface area (Å²) in [5, 5.41) is 14.1. The first-order valence-electron chi connectivity index (χ1n) is 17.9. The van der Waals surface area contributed by atoms with E-state index in [9.17, 15) is 0 Å². The Balaban J connectivity index is 1.33. The fraction of sp³-hybridized carbons (Fsp3) is 0.419. The fourth-order valence-electron chi connectivity index (χ4n) is 6.54. The van der Waals surface area contributed by atoms with Gasteiger partial charge in [0.1, 0.15) is 0 Å². The molecule has 2 N–H and O–H groups in total. The quantitative estimate of drug-likeness (QED) is 0.0817. The number of nitrogens with one attached hydrogen (secondary N) is 2. The standard InChI is InChI=1S/C43H58N6/c1-10-11-12-26-47(9)27-14-16-42-41(32(2)3)15-13-17-43(42)46-40-24-28-48(29-25-40)49-31-37(30-45-49)19-18-33(4)34(5)35(6)36(7)38-20-22-39(44-8)23-21-38/h10,15,20-23,30-31,40,44,46H,1-2,6-7,11-14,16-17,24-29H2,3-5,8-9H3/b34-33+. The minimum absolute atomic E-state index is 0.460. The Morgan fingerprint density at radius 1 is 1.06 bits per heavy atom. The van der Waals surface area contributed by atoms with Gasteiger partial charge in [0.2, 0.25) is 0 Å². The number of anilines is 1. The predicted octanol–water partition coefficient (Wildman–Crippen LogP) is 8.80. The molecule has 1 aliphatic carbocycles. The number of allylic oxidation sites excluding steroid dienone is 10. The molecule has 0 saturated carbocycles. The third-order valence-corrected chi connectivity index (χ3v) is 9.81. The van der Waals surface area contributed by atoms with Crippen molar-refractivity contribution in [1.29, 1.82) is 0 Å². The van der Waals surface area contributed by atoms with Crippen LogP contribution in [0, 0.1) is 11.8 Å². The van der Waals surface area contributed by atoms with Gasteiger partial charge in [-0.25, -0.2) is 0 Å². The monoisotopic (exact) mass is 658 g/mol. The number of piperidine rings is 1. The smallest absolute Gasteiger partial charge is 0.0667 e. The molecular formula is C43H58N6. The minimum Gasteiger partial charge on any atom is -0.388 e. The van der Waals surface area contributed by atoms with Crippen LogP contribution in [0.2, 0.25) is 0 Å². The highest BCUT2D eigenvalue weighted by Gasteiger charge is 2.24. The van der Waals surface area contributed by atoms with Crippen LogP contribution in [0.25, 0.3) is 5.57 Å². The highest BCUT2D eigenvalue weighted by Crippen LogP contribution is 2.32. The first kappa shape index (κ1) is 37.4. The molecule has 1 fully saturated rings. The summed E-state index contributed by atoms with van der Waals surface area (Å²) < 4.78 is 0. The summed E-state index contributed by atoms with van der Waals surface area (Å²) >= 11 is 0. The van der Waals surface area contributed by atoms with E-state index in [0.717, 1.165) is 110 Å². The van der Waals surface area contributed by atoms with Gasteiger partial charge in [-0.05, 0) is 138 Å². The number of hydrogen-bond acceptors (Lipinski definition) is 5. The zero-order valence-corrected chi connectivity index (χ0v) is 30.8. The summed E-state index contributed by atoms with van der Waals surface area (Å²) in [5.41, 5.74) is 12.3. The van der Waals surface area contributed by atoms with Gasteiger partial charge in [0.15, 0.2) is 0 Å². The maximum absolute atomic E-state index is 4.66. The Bertz CT molecular complexity index is 1640. The van der Waals surface area contributed by atoms with Crippen molar-refractivity contribution in [3.63, 3.8) is 0 Å². The molecule has 1 aromatic heterocycles. The van der Waals surface area contributed by atoms with Gasteiger partial charge in [-0.2, -0.15) is 9.89 Å². The molecule has 2 aromatic rings. The van der Waals surface area contributed by atoms with Crippen LogP contribution in [0.3, 0.4) is 0 Å². The number of benzene rings is 1. The van der Waals surface area contributed by atoms with E-state index < -0.39 is 0 Å². The second-order valence-electron chi connectivity index (χ2n) is 13.5. The highest BCUT2D eigenvalue weighted by atomic mass is 15.6. The van der Waals surface area contributed by atoms with Gasteiger partial charge in [-0.15, -0.1) is 6.58 Å². The molecule has 260 valence electrons. The van der Waals surface area contributed by atoms with Crippen molar-refractivity contribution in [3.8, 4) is 11.8 Å². The molecule has 0 spiro atoms. The van der Waals surface area contributed by atoms with Gasteiger partial charge in [0, 0.05) is 43.1 Å². The molecule has 0 unspecified atom stereocenters. The van der Waals surface area contributed by atoms with Crippen molar-refractivity contribution in [1.82, 2.24) is 20.1 Å². The Labute approximate surface area is 296 Å². The van der Waals surface area contributed by atoms with E-state index in [0.29, 0.717) is 6.04 Å². The first-order valence-corrected chi connectivity index (χ1v) is 17.9. The Kier molecular flexibility index (Phi) is 14.0. The number of hydrogen-bond donors (Lipinski definition) is 2. The van der Waals surface area contributed by atoms with Gasteiger partial charge in [-0.1, -0.05) is 61.4 Å². The summed E-state index contributed by atoms with van der Waals surface area (Å²) in [6.07, 6.45) is 17.1. The second-order valence-corrected chi connectivity index (χ2v) is 13.5. The Morgan fingerprint density at radius 2 is 1.78 bits per heavy atom. The first-order chi connectivity index (χ1) is 23.6. The maximum Gasteiger partial charge on any atom is 0.0667 e. The van der Waals surface area contributed by atoms with Gasteiger partial charge in [-0.3, -0.25) is 5.01 Å². The third-order valence-electron chi connectivity index (χ3n) is 9.81. The van der Waals surface area contributed by atoms with Crippen LogP contribution in [-0.4, -0.2) is 61.1 Å². The molecule has 2 aliphatic rings. The number of rotatable bonds is 16. The SMILES string of the molecule is C=CCCCN(C)CCCC1=C(NC2CCN(n3cc(C#C/C(C)=C(\C)C(=C)C(=C)c4ccc(NC)cc4)cn3)CC2)CCC=C1C(=C)C. The Morgan fingerprint density at radius 3 is 2.45 bits per heavy atom. The molecule has 0 amide bonds. The van der Waals surface area contributed by atoms with Crippen LogP contribution in [0.5, 0.6) is 0 Å². The number of nitrogens with zero attached hydrogens (tertiary/aromatic N) is 4. The van der Waals surface area contributed by atoms with Crippen molar-refractivity contribution < 1.29 is 0 Å². The molecule has 0 bridgehead atoms. The van der Waals surface area contributed by atoms with E-state index in [4.69, 9.17) is 0 Å². The van der Waals surface area contributed by atoms with E-state index in [1.807, 2.05) is 49.4 Å². The lowest BCUT2D eigenvalue weighted by Crippen LogP contribution is -2.47. The zero-order chi connectivity index (χ0) is 35.3. The van der Waals surface area contributed by atoms with Crippen LogP contribution >= 0.6 is 0 Å². The maximum atomic E-state index is 4.66. The summed E-state index contributed by atoms with van der Waals surface area (Å²) in [5.74, 6) is 6.65. The average molecular weight is 659 g/mol. The van der Waals surface area contributed by atoms with E-state index >= 15 is 0 Å². The van der Waals surface area contributed by atoms with Crippen LogP contribution in [0.4, 0.5) is 5.69 Å². The molecule has 49 heavy (non-hydrogen) atoms. The summed E-state index contributed by atoms with van der Waals surface area (Å²) in [6, 6.07) is 8.69. The lowest BCUT2D eigenvalue weighted by molar-refractivity contribution is 0.325. The van der Waals surface area contributed by atoms with E-state index in [1.54, 1.807) is 0 Å². The molecule has 0 atom stereocenters. The summed E-state index contributed by atoms with van der Waals surface area (Å²) in [4.78, 5) is 4.42. The topological polar surface area (TPSA) is 48.4 Å². The molecule has 6 nitrogen and oxygen atoms in total. The van der Waals surface area contributed by atoms with Gasteiger partial charge in [0.25, 0.3) is 0 Å². The van der Waals surface area contributed by atoms with Crippen molar-refractivity contribution in [2.75, 3.05) is 50.6 Å². The van der Waals surface area contributed by atoms with Gasteiger partial charge < -0.3 is 15.5 Å². The van der Waals surface area contributed by atoms with E-state index in [2.05, 4.69) is 103 Å². The van der Waals surface area contributed by atoms with Gasteiger partial charge in [0.05, 0.1) is 18.0 Å². The molecule has 1 saturated heterocycles. The highest BCUT2D eigenvalue weighted by molar-refractivity contribution is 5.82. The van der Waals surface area contributed by atoms with E-state index in [1.165, 1.54) is 28.8 Å². The summed E-state index contributed by atoms with van der Waals surface area (Å²) in [6.45, 7) is 27.2. The lowest BCUT2D eigenvalue weighted by Gasteiger charge is -2.35. The van der Waals surface area contributed by atoms with Gasteiger partial charge >= 0.3 is 0 Å².